The lowest BCUT2D eigenvalue weighted by molar-refractivity contribution is 0.0649. The molecule has 4 nitrogen and oxygen atoms in total. The maximum Gasteiger partial charge on any atom is 0.253 e. The molecule has 18 heavy (non-hydrogen) atoms. The first-order chi connectivity index (χ1) is 8.61. The van der Waals surface area contributed by atoms with Crippen LogP contribution in [0.5, 0.6) is 5.75 Å². The molecule has 0 radical (unpaired) electrons. The van der Waals surface area contributed by atoms with E-state index >= 15 is 0 Å². The third-order valence-corrected chi connectivity index (χ3v) is 3.68. The number of hydrogen-bond acceptors (Lipinski definition) is 3. The molecule has 1 aliphatic rings. The second-order valence-corrected chi connectivity index (χ2v) is 4.96. The van der Waals surface area contributed by atoms with Gasteiger partial charge in [0.15, 0.2) is 0 Å². The van der Waals surface area contributed by atoms with Crippen LogP contribution in [0.1, 0.15) is 23.7 Å². The maximum absolute atomic E-state index is 12.3. The zero-order valence-electron chi connectivity index (χ0n) is 10.9. The van der Waals surface area contributed by atoms with Crippen LogP contribution >= 0.6 is 0 Å². The minimum Gasteiger partial charge on any atom is -0.508 e. The summed E-state index contributed by atoms with van der Waals surface area (Å²) in [6, 6.07) is 6.95. The van der Waals surface area contributed by atoms with Crippen LogP contribution in [-0.4, -0.2) is 42.1 Å². The van der Waals surface area contributed by atoms with Gasteiger partial charge in [-0.05, 0) is 43.7 Å². The molecule has 1 aliphatic heterocycles. The first kappa shape index (κ1) is 12.9. The quantitative estimate of drug-likeness (QED) is 0.833. The molecule has 2 unspecified atom stereocenters. The number of likely N-dealkylation sites (tertiary alicyclic amines) is 1. The zero-order chi connectivity index (χ0) is 13.1. The van der Waals surface area contributed by atoms with Crippen molar-refractivity contribution in [2.45, 2.75) is 19.4 Å². The second kappa shape index (κ2) is 5.40. The fraction of sp³-hybridized carbons (Fsp3) is 0.500. The van der Waals surface area contributed by atoms with Crippen LogP contribution < -0.4 is 5.32 Å². The maximum atomic E-state index is 12.3. The Labute approximate surface area is 108 Å². The number of nitrogens with one attached hydrogen (secondary N) is 1. The number of benzene rings is 1. The van der Waals surface area contributed by atoms with Crippen molar-refractivity contribution in [3.05, 3.63) is 29.8 Å². The molecule has 0 spiro atoms. The Morgan fingerprint density at radius 2 is 2.06 bits per heavy atom. The Hall–Kier alpha value is -1.55. The molecule has 1 aromatic rings. The first-order valence-corrected chi connectivity index (χ1v) is 6.37. The lowest BCUT2D eigenvalue weighted by Gasteiger charge is -2.36. The highest BCUT2D eigenvalue weighted by molar-refractivity contribution is 5.94. The highest BCUT2D eigenvalue weighted by atomic mass is 16.3. The van der Waals surface area contributed by atoms with Crippen molar-refractivity contribution in [2.75, 3.05) is 20.1 Å². The van der Waals surface area contributed by atoms with Crippen molar-refractivity contribution in [3.63, 3.8) is 0 Å². The van der Waals surface area contributed by atoms with Gasteiger partial charge in [0.2, 0.25) is 0 Å². The molecular formula is C14H20N2O2. The van der Waals surface area contributed by atoms with E-state index in [-0.39, 0.29) is 11.7 Å². The summed E-state index contributed by atoms with van der Waals surface area (Å²) in [7, 11) is 1.97. The third kappa shape index (κ3) is 2.64. The van der Waals surface area contributed by atoms with Crippen molar-refractivity contribution in [3.8, 4) is 5.75 Å². The standard InChI is InChI=1S/C14H20N2O2/c1-10-9-16(8-7-13(10)15-2)14(18)11-3-5-12(17)6-4-11/h3-6,10,13,15,17H,7-9H2,1-2H3. The number of rotatable bonds is 2. The number of phenolic OH excluding ortho intramolecular Hbond substituents is 1. The van der Waals surface area contributed by atoms with Crippen LogP contribution in [-0.2, 0) is 0 Å². The van der Waals surface area contributed by atoms with Gasteiger partial charge in [-0.2, -0.15) is 0 Å². The first-order valence-electron chi connectivity index (χ1n) is 6.37. The Morgan fingerprint density at radius 3 is 2.61 bits per heavy atom. The third-order valence-electron chi connectivity index (χ3n) is 3.68. The van der Waals surface area contributed by atoms with E-state index in [4.69, 9.17) is 0 Å². The Balaban J connectivity index is 2.04. The van der Waals surface area contributed by atoms with Gasteiger partial charge in [-0.1, -0.05) is 6.92 Å². The largest absolute Gasteiger partial charge is 0.508 e. The van der Waals surface area contributed by atoms with Gasteiger partial charge in [-0.3, -0.25) is 4.79 Å². The molecule has 4 heteroatoms. The molecule has 2 rings (SSSR count). The molecular weight excluding hydrogens is 228 g/mol. The minimum atomic E-state index is 0.0522. The molecule has 2 atom stereocenters. The summed E-state index contributed by atoms with van der Waals surface area (Å²) in [4.78, 5) is 14.2. The van der Waals surface area contributed by atoms with Crippen molar-refractivity contribution in [1.29, 1.82) is 0 Å². The van der Waals surface area contributed by atoms with Crippen LogP contribution in [0.25, 0.3) is 0 Å². The van der Waals surface area contributed by atoms with Crippen LogP contribution in [0, 0.1) is 5.92 Å². The van der Waals surface area contributed by atoms with Crippen molar-refractivity contribution < 1.29 is 9.90 Å². The summed E-state index contributed by atoms with van der Waals surface area (Å²) < 4.78 is 0. The minimum absolute atomic E-state index is 0.0522. The predicted molar refractivity (Wildman–Crippen MR) is 70.6 cm³/mol. The Morgan fingerprint density at radius 1 is 1.39 bits per heavy atom. The number of hydrogen-bond donors (Lipinski definition) is 2. The molecule has 2 N–H and O–H groups in total. The summed E-state index contributed by atoms with van der Waals surface area (Å²) in [6.45, 7) is 3.73. The van der Waals surface area contributed by atoms with Gasteiger partial charge in [-0.15, -0.1) is 0 Å². The van der Waals surface area contributed by atoms with Gasteiger partial charge in [0.1, 0.15) is 5.75 Å². The molecule has 0 aromatic heterocycles. The molecule has 0 aliphatic carbocycles. The number of carbonyl (C=O) groups excluding carboxylic acids is 1. The van der Waals surface area contributed by atoms with E-state index in [0.717, 1.165) is 19.5 Å². The normalized spacial score (nSPS) is 24.0. The highest BCUT2D eigenvalue weighted by Crippen LogP contribution is 2.19. The van der Waals surface area contributed by atoms with E-state index in [1.807, 2.05) is 11.9 Å². The van der Waals surface area contributed by atoms with Crippen LogP contribution in [0.15, 0.2) is 24.3 Å². The number of phenols is 1. The fourth-order valence-electron chi connectivity index (χ4n) is 2.55. The van der Waals surface area contributed by atoms with Gasteiger partial charge in [0.05, 0.1) is 0 Å². The number of nitrogens with zero attached hydrogens (tertiary/aromatic N) is 1. The fourth-order valence-corrected chi connectivity index (χ4v) is 2.55. The molecule has 0 bridgehead atoms. The summed E-state index contributed by atoms with van der Waals surface area (Å²) in [6.07, 6.45) is 0.988. The van der Waals surface area contributed by atoms with E-state index in [1.165, 1.54) is 0 Å². The number of amides is 1. The molecule has 1 aromatic carbocycles. The molecule has 0 saturated carbocycles. The van der Waals surface area contributed by atoms with Gasteiger partial charge < -0.3 is 15.3 Å². The second-order valence-electron chi connectivity index (χ2n) is 4.96. The average molecular weight is 248 g/mol. The Bertz CT molecular complexity index is 416. The molecule has 1 fully saturated rings. The number of aromatic hydroxyl groups is 1. The van der Waals surface area contributed by atoms with E-state index in [2.05, 4.69) is 12.2 Å². The lowest BCUT2D eigenvalue weighted by atomic mass is 9.93. The van der Waals surface area contributed by atoms with Crippen molar-refractivity contribution in [2.24, 2.45) is 5.92 Å². The van der Waals surface area contributed by atoms with Crippen LogP contribution in [0.2, 0.25) is 0 Å². The lowest BCUT2D eigenvalue weighted by Crippen LogP contribution is -2.49. The van der Waals surface area contributed by atoms with Gasteiger partial charge in [0.25, 0.3) is 5.91 Å². The zero-order valence-corrected chi connectivity index (χ0v) is 10.9. The SMILES string of the molecule is CNC1CCN(C(=O)c2ccc(O)cc2)CC1C. The number of carbonyl (C=O) groups is 1. The van der Waals surface area contributed by atoms with E-state index < -0.39 is 0 Å². The Kier molecular flexibility index (Phi) is 3.87. The van der Waals surface area contributed by atoms with Crippen molar-refractivity contribution >= 4 is 5.91 Å². The predicted octanol–water partition coefficient (Wildman–Crippen LogP) is 1.46. The molecule has 1 amide bonds. The highest BCUT2D eigenvalue weighted by Gasteiger charge is 2.27. The van der Waals surface area contributed by atoms with Crippen LogP contribution in [0.4, 0.5) is 0 Å². The molecule has 98 valence electrons. The van der Waals surface area contributed by atoms with E-state index in [1.54, 1.807) is 24.3 Å². The van der Waals surface area contributed by atoms with E-state index in [0.29, 0.717) is 17.5 Å². The van der Waals surface area contributed by atoms with Crippen molar-refractivity contribution in [1.82, 2.24) is 10.2 Å². The summed E-state index contributed by atoms with van der Waals surface area (Å²) in [5.41, 5.74) is 0.642. The van der Waals surface area contributed by atoms with Gasteiger partial charge in [0, 0.05) is 24.7 Å². The molecule has 1 heterocycles. The average Bonchev–Trinajstić information content (AvgIpc) is 2.38. The monoisotopic (exact) mass is 248 g/mol. The van der Waals surface area contributed by atoms with Crippen LogP contribution in [0.3, 0.4) is 0 Å². The summed E-state index contributed by atoms with van der Waals surface area (Å²) >= 11 is 0. The van der Waals surface area contributed by atoms with E-state index in [9.17, 15) is 9.90 Å². The summed E-state index contributed by atoms with van der Waals surface area (Å²) in [5.74, 6) is 0.704. The molecule has 1 saturated heterocycles. The van der Waals surface area contributed by atoms with Gasteiger partial charge in [-0.25, -0.2) is 0 Å². The van der Waals surface area contributed by atoms with Gasteiger partial charge >= 0.3 is 0 Å². The smallest absolute Gasteiger partial charge is 0.253 e. The summed E-state index contributed by atoms with van der Waals surface area (Å²) in [5, 5.41) is 12.5. The topological polar surface area (TPSA) is 52.6 Å². The number of piperidine rings is 1.